The Kier molecular flexibility index (Phi) is 5.02. The van der Waals surface area contributed by atoms with Crippen molar-refractivity contribution in [2.75, 3.05) is 0 Å². The average molecular weight is 228 g/mol. The van der Waals surface area contributed by atoms with Gasteiger partial charge in [0.1, 0.15) is 0 Å². The minimum absolute atomic E-state index is 0.777. The van der Waals surface area contributed by atoms with Crippen LogP contribution in [-0.4, -0.2) is 10.5 Å². The molecule has 0 saturated heterocycles. The van der Waals surface area contributed by atoms with Gasteiger partial charge in [-0.15, -0.1) is 0 Å². The van der Waals surface area contributed by atoms with Gasteiger partial charge in [-0.25, -0.2) is 0 Å². The fraction of sp³-hybridized carbons (Fsp3) is 1.00. The van der Waals surface area contributed by atoms with Gasteiger partial charge < -0.3 is 0 Å². The van der Waals surface area contributed by atoms with Gasteiger partial charge in [-0.3, -0.25) is 0 Å². The molecule has 1 aliphatic rings. The van der Waals surface area contributed by atoms with Gasteiger partial charge in [-0.2, -0.15) is 11.8 Å². The molecule has 0 bridgehead atoms. The largest absolute Gasteiger partial charge is 0.156 e. The molecule has 0 heterocycles. The lowest BCUT2D eigenvalue weighted by Gasteiger charge is -2.41. The fourth-order valence-electron chi connectivity index (χ4n) is 3.69. The minimum atomic E-state index is 0.777. The maximum atomic E-state index is 2.47. The van der Waals surface area contributed by atoms with E-state index in [4.69, 9.17) is 0 Å². The Bertz CT molecular complexity index is 176. The van der Waals surface area contributed by atoms with E-state index in [1.165, 1.54) is 12.8 Å². The fourth-order valence-corrected chi connectivity index (χ4v) is 5.26. The molecule has 1 heteroatoms. The molecule has 3 unspecified atom stereocenters. The Morgan fingerprint density at radius 3 is 1.80 bits per heavy atom. The van der Waals surface area contributed by atoms with Crippen LogP contribution in [0.2, 0.25) is 0 Å². The molecule has 0 N–H and O–H groups in total. The minimum Gasteiger partial charge on any atom is -0.156 e. The first-order valence-electron chi connectivity index (χ1n) is 6.57. The number of hydrogen-bond donors (Lipinski definition) is 0. The maximum absolute atomic E-state index is 2.47. The van der Waals surface area contributed by atoms with Gasteiger partial charge >= 0.3 is 0 Å². The Hall–Kier alpha value is 0.350. The molecule has 0 nitrogen and oxygen atoms in total. The van der Waals surface area contributed by atoms with Gasteiger partial charge in [-0.05, 0) is 41.8 Å². The van der Waals surface area contributed by atoms with Crippen molar-refractivity contribution < 1.29 is 0 Å². The molecule has 0 radical (unpaired) electrons. The highest BCUT2D eigenvalue weighted by Crippen LogP contribution is 2.43. The van der Waals surface area contributed by atoms with Crippen molar-refractivity contribution in [2.45, 2.75) is 64.9 Å². The summed E-state index contributed by atoms with van der Waals surface area (Å²) < 4.78 is 0. The van der Waals surface area contributed by atoms with E-state index in [9.17, 15) is 0 Å². The van der Waals surface area contributed by atoms with E-state index < -0.39 is 0 Å². The third-order valence-electron chi connectivity index (χ3n) is 3.89. The molecule has 90 valence electrons. The predicted octanol–water partition coefficient (Wildman–Crippen LogP) is 4.83. The van der Waals surface area contributed by atoms with Gasteiger partial charge in [-0.1, -0.05) is 41.5 Å². The van der Waals surface area contributed by atoms with Crippen LogP contribution < -0.4 is 0 Å². The Balaban J connectivity index is 2.58. The first kappa shape index (κ1) is 13.4. The van der Waals surface area contributed by atoms with E-state index in [0.29, 0.717) is 0 Å². The maximum Gasteiger partial charge on any atom is 0.00546 e. The summed E-state index contributed by atoms with van der Waals surface area (Å²) >= 11 is 2.17. The second-order valence-corrected chi connectivity index (χ2v) is 7.96. The smallest absolute Gasteiger partial charge is 0.00546 e. The molecule has 0 aliphatic heterocycles. The van der Waals surface area contributed by atoms with E-state index >= 15 is 0 Å². The molecule has 15 heavy (non-hydrogen) atoms. The van der Waals surface area contributed by atoms with Crippen LogP contribution >= 0.6 is 11.8 Å². The molecule has 1 aliphatic carbocycles. The van der Waals surface area contributed by atoms with E-state index in [1.807, 2.05) is 0 Å². The molecule has 1 saturated carbocycles. The molecule has 1 fully saturated rings. The van der Waals surface area contributed by atoms with Gasteiger partial charge in [0.25, 0.3) is 0 Å². The van der Waals surface area contributed by atoms with Crippen molar-refractivity contribution in [2.24, 2.45) is 23.7 Å². The second-order valence-electron chi connectivity index (χ2n) is 6.00. The van der Waals surface area contributed by atoms with Crippen molar-refractivity contribution in [1.29, 1.82) is 0 Å². The third-order valence-corrected chi connectivity index (χ3v) is 5.18. The van der Waals surface area contributed by atoms with Crippen molar-refractivity contribution in [1.82, 2.24) is 0 Å². The van der Waals surface area contributed by atoms with E-state index in [2.05, 4.69) is 53.3 Å². The number of hydrogen-bond acceptors (Lipinski definition) is 1. The molecule has 0 aromatic heterocycles. The highest BCUT2D eigenvalue weighted by Gasteiger charge is 2.35. The molecule has 1 rings (SSSR count). The van der Waals surface area contributed by atoms with Gasteiger partial charge in [0, 0.05) is 5.25 Å². The predicted molar refractivity (Wildman–Crippen MR) is 72.4 cm³/mol. The van der Waals surface area contributed by atoms with Crippen LogP contribution in [0.3, 0.4) is 0 Å². The van der Waals surface area contributed by atoms with Crippen LogP contribution in [0, 0.1) is 23.7 Å². The Morgan fingerprint density at radius 2 is 1.40 bits per heavy atom. The molecule has 0 aromatic rings. The standard InChI is InChI=1S/C14H28S/c1-9(2)15-13(6)14-11(4)7-10(3)8-12(14)5/h9-14H,7-8H2,1-6H3. The molecule has 3 atom stereocenters. The lowest BCUT2D eigenvalue weighted by Crippen LogP contribution is -2.35. The zero-order valence-corrected chi connectivity index (χ0v) is 12.1. The summed E-state index contributed by atoms with van der Waals surface area (Å²) in [4.78, 5) is 0. The summed E-state index contributed by atoms with van der Waals surface area (Å²) in [7, 11) is 0. The summed E-state index contributed by atoms with van der Waals surface area (Å²) in [5.41, 5.74) is 0. The van der Waals surface area contributed by atoms with Crippen LogP contribution in [0.25, 0.3) is 0 Å². The molecular formula is C14H28S. The first-order chi connectivity index (χ1) is 6.91. The highest BCUT2D eigenvalue weighted by atomic mass is 32.2. The summed E-state index contributed by atoms with van der Waals surface area (Å²) in [5, 5.41) is 1.61. The lowest BCUT2D eigenvalue weighted by atomic mass is 9.68. The van der Waals surface area contributed by atoms with Crippen LogP contribution in [-0.2, 0) is 0 Å². The van der Waals surface area contributed by atoms with Gasteiger partial charge in [0.15, 0.2) is 0 Å². The quantitative estimate of drug-likeness (QED) is 0.666. The molecular weight excluding hydrogens is 200 g/mol. The zero-order valence-electron chi connectivity index (χ0n) is 11.3. The summed E-state index contributed by atoms with van der Waals surface area (Å²) in [6.07, 6.45) is 2.88. The SMILES string of the molecule is CC1CC(C)C(C(C)SC(C)C)C(C)C1. The lowest BCUT2D eigenvalue weighted by molar-refractivity contribution is 0.136. The summed E-state index contributed by atoms with van der Waals surface area (Å²) in [6.45, 7) is 14.4. The zero-order chi connectivity index (χ0) is 11.6. The normalized spacial score (nSPS) is 39.4. The third kappa shape index (κ3) is 3.69. The van der Waals surface area contributed by atoms with Gasteiger partial charge in [0.05, 0.1) is 0 Å². The van der Waals surface area contributed by atoms with E-state index in [-0.39, 0.29) is 0 Å². The van der Waals surface area contributed by atoms with Crippen LogP contribution in [0.1, 0.15) is 54.4 Å². The van der Waals surface area contributed by atoms with Crippen molar-refractivity contribution in [3.8, 4) is 0 Å². The molecule has 0 aromatic carbocycles. The van der Waals surface area contributed by atoms with Crippen molar-refractivity contribution in [3.63, 3.8) is 0 Å². The topological polar surface area (TPSA) is 0 Å². The Morgan fingerprint density at radius 1 is 0.933 bits per heavy atom. The van der Waals surface area contributed by atoms with E-state index in [0.717, 1.165) is 34.2 Å². The van der Waals surface area contributed by atoms with Crippen LogP contribution in [0.4, 0.5) is 0 Å². The second kappa shape index (κ2) is 5.61. The Labute approximate surface area is 101 Å². The van der Waals surface area contributed by atoms with Crippen molar-refractivity contribution >= 4 is 11.8 Å². The first-order valence-corrected chi connectivity index (χ1v) is 7.51. The van der Waals surface area contributed by atoms with Gasteiger partial charge in [0.2, 0.25) is 0 Å². The number of thioether (sulfide) groups is 1. The molecule has 0 amide bonds. The van der Waals surface area contributed by atoms with Crippen LogP contribution in [0.15, 0.2) is 0 Å². The summed E-state index contributed by atoms with van der Waals surface area (Å²) in [5.74, 6) is 3.73. The average Bonchev–Trinajstić information content (AvgIpc) is 1.99. The summed E-state index contributed by atoms with van der Waals surface area (Å²) in [6, 6.07) is 0. The molecule has 0 spiro atoms. The van der Waals surface area contributed by atoms with Crippen LogP contribution in [0.5, 0.6) is 0 Å². The van der Waals surface area contributed by atoms with Crippen molar-refractivity contribution in [3.05, 3.63) is 0 Å². The van der Waals surface area contributed by atoms with E-state index in [1.54, 1.807) is 0 Å². The monoisotopic (exact) mass is 228 g/mol. The highest BCUT2D eigenvalue weighted by molar-refractivity contribution is 8.00. The number of rotatable bonds is 3.